The minimum absolute atomic E-state index is 0.151. The monoisotopic (exact) mass is 423 g/mol. The minimum Gasteiger partial charge on any atom is -0.497 e. The van der Waals surface area contributed by atoms with Gasteiger partial charge in [-0.3, -0.25) is 4.79 Å². The van der Waals surface area contributed by atoms with Crippen LogP contribution in [-0.2, 0) is 4.79 Å². The Hall–Kier alpha value is -3.02. The molecule has 0 fully saturated rings. The summed E-state index contributed by atoms with van der Waals surface area (Å²) in [6.45, 7) is 7.80. The van der Waals surface area contributed by atoms with Gasteiger partial charge in [0.25, 0.3) is 0 Å². The molecule has 0 spiro atoms. The van der Waals surface area contributed by atoms with E-state index in [0.29, 0.717) is 17.9 Å². The third kappa shape index (κ3) is 5.19. The van der Waals surface area contributed by atoms with Crippen LogP contribution in [0.25, 0.3) is 5.65 Å². The highest BCUT2D eigenvalue weighted by Crippen LogP contribution is 2.34. The van der Waals surface area contributed by atoms with Crippen LogP contribution in [0, 0.1) is 6.92 Å². The lowest BCUT2D eigenvalue weighted by Gasteiger charge is -2.25. The summed E-state index contributed by atoms with van der Waals surface area (Å²) in [5, 5.41) is 0. The molecule has 0 aliphatic rings. The lowest BCUT2D eigenvalue weighted by Crippen LogP contribution is -2.33. The molecule has 0 saturated carbocycles. The Kier molecular flexibility index (Phi) is 7.55. The third-order valence-electron chi connectivity index (χ3n) is 5.55. The first kappa shape index (κ1) is 22.7. The van der Waals surface area contributed by atoms with Gasteiger partial charge in [-0.15, -0.1) is 0 Å². The number of aryl methyl sites for hydroxylation is 1. The predicted octanol–water partition coefficient (Wildman–Crippen LogP) is 4.83. The Labute approximate surface area is 184 Å². The summed E-state index contributed by atoms with van der Waals surface area (Å²) in [5.41, 5.74) is 3.98. The van der Waals surface area contributed by atoms with Gasteiger partial charge >= 0.3 is 0 Å². The van der Waals surface area contributed by atoms with Crippen LogP contribution in [0.1, 0.15) is 55.8 Å². The molecule has 0 radical (unpaired) electrons. The van der Waals surface area contributed by atoms with Crippen molar-refractivity contribution in [1.29, 1.82) is 0 Å². The second-order valence-electron chi connectivity index (χ2n) is 7.90. The number of amides is 1. The summed E-state index contributed by atoms with van der Waals surface area (Å²) >= 11 is 0. The second-order valence-corrected chi connectivity index (χ2v) is 7.90. The molecule has 6 nitrogen and oxygen atoms in total. The fourth-order valence-corrected chi connectivity index (χ4v) is 3.99. The molecule has 1 amide bonds. The molecule has 0 N–H and O–H groups in total. The van der Waals surface area contributed by atoms with Gasteiger partial charge in [0.1, 0.15) is 17.1 Å². The van der Waals surface area contributed by atoms with Crippen LogP contribution in [0.4, 0.5) is 0 Å². The lowest BCUT2D eigenvalue weighted by atomic mass is 9.91. The number of nitrogens with zero attached hydrogens (tertiary/aromatic N) is 3. The summed E-state index contributed by atoms with van der Waals surface area (Å²) in [5.74, 6) is 1.38. The van der Waals surface area contributed by atoms with Crippen LogP contribution in [0.2, 0.25) is 0 Å². The van der Waals surface area contributed by atoms with Gasteiger partial charge in [0.05, 0.1) is 19.9 Å². The molecule has 3 rings (SSSR count). The van der Waals surface area contributed by atoms with E-state index in [1.165, 1.54) is 0 Å². The van der Waals surface area contributed by atoms with Crippen molar-refractivity contribution in [3.05, 3.63) is 59.5 Å². The van der Waals surface area contributed by atoms with E-state index in [-0.39, 0.29) is 11.8 Å². The van der Waals surface area contributed by atoms with Gasteiger partial charge in [-0.05, 0) is 55.2 Å². The molecule has 2 heterocycles. The van der Waals surface area contributed by atoms with E-state index in [9.17, 15) is 4.79 Å². The van der Waals surface area contributed by atoms with Gasteiger partial charge in [0, 0.05) is 43.9 Å². The SMILES string of the molecule is CCCN(CCC)C(=O)CC(c1cc(OC)cc(OC)c1)c1cnc2cc(C)ccn12. The molecule has 0 aliphatic carbocycles. The highest BCUT2D eigenvalue weighted by Gasteiger charge is 2.25. The van der Waals surface area contributed by atoms with E-state index in [4.69, 9.17) is 9.47 Å². The molecule has 0 saturated heterocycles. The van der Waals surface area contributed by atoms with Gasteiger partial charge in [-0.2, -0.15) is 0 Å². The van der Waals surface area contributed by atoms with Crippen LogP contribution >= 0.6 is 0 Å². The Balaban J connectivity index is 2.08. The largest absolute Gasteiger partial charge is 0.497 e. The molecule has 2 aromatic heterocycles. The van der Waals surface area contributed by atoms with E-state index >= 15 is 0 Å². The van der Waals surface area contributed by atoms with E-state index in [2.05, 4.69) is 42.3 Å². The number of carbonyl (C=O) groups excluding carboxylic acids is 1. The molecular formula is C25H33N3O3. The fourth-order valence-electron chi connectivity index (χ4n) is 3.99. The lowest BCUT2D eigenvalue weighted by molar-refractivity contribution is -0.131. The van der Waals surface area contributed by atoms with Gasteiger partial charge in [-0.1, -0.05) is 13.8 Å². The van der Waals surface area contributed by atoms with Crippen LogP contribution in [0.15, 0.2) is 42.7 Å². The second kappa shape index (κ2) is 10.3. The first-order valence-electron chi connectivity index (χ1n) is 10.9. The molecule has 166 valence electrons. The molecular weight excluding hydrogens is 390 g/mol. The highest BCUT2D eigenvalue weighted by atomic mass is 16.5. The summed E-state index contributed by atoms with van der Waals surface area (Å²) in [4.78, 5) is 19.9. The maximum absolute atomic E-state index is 13.3. The van der Waals surface area contributed by atoms with E-state index < -0.39 is 0 Å². The maximum Gasteiger partial charge on any atom is 0.223 e. The number of methoxy groups -OCH3 is 2. The number of fused-ring (bicyclic) bond motifs is 1. The van der Waals surface area contributed by atoms with Crippen LogP contribution in [0.5, 0.6) is 11.5 Å². The zero-order valence-corrected chi connectivity index (χ0v) is 19.2. The van der Waals surface area contributed by atoms with E-state index in [0.717, 1.165) is 48.4 Å². The number of pyridine rings is 1. The molecule has 0 bridgehead atoms. The van der Waals surface area contributed by atoms with Crippen molar-refractivity contribution >= 4 is 11.6 Å². The fraction of sp³-hybridized carbons (Fsp3) is 0.440. The molecule has 1 atom stereocenters. The number of ether oxygens (including phenoxy) is 2. The van der Waals surface area contributed by atoms with Crippen molar-refractivity contribution in [3.63, 3.8) is 0 Å². The van der Waals surface area contributed by atoms with Crippen LogP contribution in [0.3, 0.4) is 0 Å². The molecule has 0 aliphatic heterocycles. The Morgan fingerprint density at radius 2 is 1.71 bits per heavy atom. The van der Waals surface area contributed by atoms with Gasteiger partial charge in [-0.25, -0.2) is 4.98 Å². The molecule has 1 unspecified atom stereocenters. The Bertz CT molecular complexity index is 1000. The summed E-state index contributed by atoms with van der Waals surface area (Å²) in [6, 6.07) is 9.93. The first-order valence-corrected chi connectivity index (χ1v) is 10.9. The topological polar surface area (TPSA) is 56.1 Å². The maximum atomic E-state index is 13.3. The smallest absolute Gasteiger partial charge is 0.223 e. The van der Waals surface area contributed by atoms with Crippen molar-refractivity contribution in [1.82, 2.24) is 14.3 Å². The number of carbonyl (C=O) groups is 1. The van der Waals surface area contributed by atoms with Crippen molar-refractivity contribution in [3.8, 4) is 11.5 Å². The zero-order chi connectivity index (χ0) is 22.4. The summed E-state index contributed by atoms with van der Waals surface area (Å²) in [6.07, 6.45) is 6.15. The average molecular weight is 424 g/mol. The van der Waals surface area contributed by atoms with Gasteiger partial charge in [0.2, 0.25) is 5.91 Å². The predicted molar refractivity (Wildman–Crippen MR) is 123 cm³/mol. The number of rotatable bonds is 10. The van der Waals surface area contributed by atoms with Gasteiger partial charge in [0.15, 0.2) is 0 Å². The highest BCUT2D eigenvalue weighted by molar-refractivity contribution is 5.78. The van der Waals surface area contributed by atoms with Crippen molar-refractivity contribution in [2.24, 2.45) is 0 Å². The summed E-state index contributed by atoms with van der Waals surface area (Å²) < 4.78 is 13.1. The Morgan fingerprint density at radius 3 is 2.29 bits per heavy atom. The average Bonchev–Trinajstić information content (AvgIpc) is 3.19. The molecule has 31 heavy (non-hydrogen) atoms. The third-order valence-corrected chi connectivity index (χ3v) is 5.55. The molecule has 1 aromatic carbocycles. The molecule has 6 heteroatoms. The number of imidazole rings is 1. The van der Waals surface area contributed by atoms with Gasteiger partial charge < -0.3 is 18.8 Å². The zero-order valence-electron chi connectivity index (χ0n) is 19.2. The minimum atomic E-state index is -0.176. The quantitative estimate of drug-likeness (QED) is 0.469. The number of hydrogen-bond donors (Lipinski definition) is 0. The van der Waals surface area contributed by atoms with E-state index in [1.54, 1.807) is 14.2 Å². The first-order chi connectivity index (χ1) is 15.0. The standard InChI is InChI=1S/C25H33N3O3/c1-6-9-27(10-7-2)25(29)16-22(19-13-20(30-4)15-21(14-19)31-5)23-17-26-24-12-18(3)8-11-28(23)24/h8,11-15,17,22H,6-7,9-10,16H2,1-5H3. The Morgan fingerprint density at radius 1 is 1.06 bits per heavy atom. The van der Waals surface area contributed by atoms with E-state index in [1.807, 2.05) is 35.5 Å². The van der Waals surface area contributed by atoms with Crippen LogP contribution in [-0.4, -0.2) is 47.5 Å². The number of hydrogen-bond acceptors (Lipinski definition) is 4. The summed E-state index contributed by atoms with van der Waals surface area (Å²) in [7, 11) is 3.28. The van der Waals surface area contributed by atoms with Crippen molar-refractivity contribution in [2.75, 3.05) is 27.3 Å². The molecule has 3 aromatic rings. The number of aromatic nitrogens is 2. The number of benzene rings is 1. The van der Waals surface area contributed by atoms with Crippen molar-refractivity contribution in [2.45, 2.75) is 46.0 Å². The van der Waals surface area contributed by atoms with Crippen molar-refractivity contribution < 1.29 is 14.3 Å². The normalized spacial score (nSPS) is 12.0. The van der Waals surface area contributed by atoms with Crippen LogP contribution < -0.4 is 9.47 Å².